The number of ketones is 1. The Bertz CT molecular complexity index is 778. The Labute approximate surface area is 136 Å². The Morgan fingerprint density at radius 3 is 2.83 bits per heavy atom. The summed E-state index contributed by atoms with van der Waals surface area (Å²) in [7, 11) is 0. The maximum absolute atomic E-state index is 12.9. The Balaban J connectivity index is 1.43. The normalized spacial score (nSPS) is 30.9. The summed E-state index contributed by atoms with van der Waals surface area (Å²) in [6, 6.07) is 5.91. The van der Waals surface area contributed by atoms with Crippen molar-refractivity contribution in [2.75, 3.05) is 13.1 Å². The van der Waals surface area contributed by atoms with Gasteiger partial charge in [-0.05, 0) is 81.3 Å². The molecule has 3 saturated heterocycles. The zero-order valence-electron chi connectivity index (χ0n) is 13.7. The lowest BCUT2D eigenvalue weighted by molar-refractivity contribution is -0.0274. The fourth-order valence-electron chi connectivity index (χ4n) is 5.24. The molecular weight excluding hydrogens is 286 g/mol. The lowest BCUT2D eigenvalue weighted by Crippen LogP contribution is -2.57. The third kappa shape index (κ3) is 1.96. The molecule has 0 unspecified atom stereocenters. The number of hydrogen-bond acceptors (Lipinski definition) is 3. The molecule has 23 heavy (non-hydrogen) atoms. The van der Waals surface area contributed by atoms with Crippen molar-refractivity contribution in [3.63, 3.8) is 0 Å². The van der Waals surface area contributed by atoms with Crippen LogP contribution in [0.3, 0.4) is 0 Å². The van der Waals surface area contributed by atoms with Gasteiger partial charge in [0.2, 0.25) is 0 Å². The summed E-state index contributed by atoms with van der Waals surface area (Å²) in [6.45, 7) is 4.55. The van der Waals surface area contributed by atoms with Crippen LogP contribution in [0.4, 0.5) is 0 Å². The van der Waals surface area contributed by atoms with Crippen molar-refractivity contribution in [3.8, 4) is 0 Å². The molecule has 1 aromatic carbocycles. The van der Waals surface area contributed by atoms with E-state index in [2.05, 4.69) is 4.90 Å². The van der Waals surface area contributed by atoms with E-state index in [9.17, 15) is 4.79 Å². The average molecular weight is 309 g/mol. The molecule has 6 rings (SSSR count). The minimum atomic E-state index is 0.317. The van der Waals surface area contributed by atoms with Crippen LogP contribution in [0.15, 0.2) is 28.9 Å². The van der Waals surface area contributed by atoms with Crippen LogP contribution in [0, 0.1) is 18.8 Å². The van der Waals surface area contributed by atoms with E-state index in [0.717, 1.165) is 34.4 Å². The molecule has 1 atom stereocenters. The number of carbonyl (C=O) groups is 1. The average Bonchev–Trinajstić information content (AvgIpc) is 3.28. The first-order chi connectivity index (χ1) is 11.2. The molecule has 3 aliphatic heterocycles. The van der Waals surface area contributed by atoms with Crippen LogP contribution in [-0.4, -0.2) is 29.3 Å². The molecule has 1 aromatic heterocycles. The summed E-state index contributed by atoms with van der Waals surface area (Å²) in [5.41, 5.74) is 3.23. The smallest absolute Gasteiger partial charge is 0.163 e. The molecule has 4 heterocycles. The largest absolute Gasteiger partial charge is 0.464 e. The first-order valence-electron chi connectivity index (χ1n) is 8.93. The fraction of sp³-hybridized carbons (Fsp3) is 0.550. The maximum atomic E-state index is 12.9. The SMILES string of the molecule is Cc1coc2ccc(C(=O)C[C@@H]3C4CCN(CC4)C34CC4)cc12. The van der Waals surface area contributed by atoms with E-state index < -0.39 is 0 Å². The predicted octanol–water partition coefficient (Wildman–Crippen LogP) is 4.19. The van der Waals surface area contributed by atoms with Crippen molar-refractivity contribution in [2.24, 2.45) is 11.8 Å². The van der Waals surface area contributed by atoms with Gasteiger partial charge in [0, 0.05) is 22.9 Å². The van der Waals surface area contributed by atoms with Crippen LogP contribution in [0.1, 0.15) is 48.0 Å². The zero-order chi connectivity index (χ0) is 15.6. The molecule has 4 aliphatic rings. The summed E-state index contributed by atoms with van der Waals surface area (Å²) in [4.78, 5) is 15.6. The fourth-order valence-corrected chi connectivity index (χ4v) is 5.24. The van der Waals surface area contributed by atoms with E-state index in [-0.39, 0.29) is 0 Å². The van der Waals surface area contributed by atoms with Gasteiger partial charge in [0.15, 0.2) is 5.78 Å². The number of fused-ring (bicyclic) bond motifs is 3. The van der Waals surface area contributed by atoms with Crippen LogP contribution in [-0.2, 0) is 0 Å². The van der Waals surface area contributed by atoms with Crippen molar-refractivity contribution in [3.05, 3.63) is 35.6 Å². The van der Waals surface area contributed by atoms with Crippen molar-refractivity contribution < 1.29 is 9.21 Å². The third-order valence-corrected chi connectivity index (χ3v) is 6.69. The van der Waals surface area contributed by atoms with Gasteiger partial charge in [0.05, 0.1) is 6.26 Å². The second-order valence-corrected chi connectivity index (χ2v) is 7.79. The van der Waals surface area contributed by atoms with Gasteiger partial charge >= 0.3 is 0 Å². The summed E-state index contributed by atoms with van der Waals surface area (Å²) in [6.07, 6.45) is 7.69. The highest BCUT2D eigenvalue weighted by Crippen LogP contribution is 2.58. The quantitative estimate of drug-likeness (QED) is 0.797. The first kappa shape index (κ1) is 13.8. The van der Waals surface area contributed by atoms with Gasteiger partial charge in [-0.15, -0.1) is 0 Å². The highest BCUT2D eigenvalue weighted by molar-refractivity contribution is 6.00. The summed E-state index contributed by atoms with van der Waals surface area (Å²) >= 11 is 0. The van der Waals surface area contributed by atoms with Crippen molar-refractivity contribution in [1.82, 2.24) is 4.90 Å². The van der Waals surface area contributed by atoms with E-state index in [0.29, 0.717) is 17.2 Å². The second kappa shape index (κ2) is 4.70. The van der Waals surface area contributed by atoms with Crippen LogP contribution in [0.5, 0.6) is 0 Å². The van der Waals surface area contributed by atoms with Gasteiger partial charge in [0.25, 0.3) is 0 Å². The molecule has 2 aromatic rings. The number of aryl methyl sites for hydroxylation is 1. The molecule has 3 nitrogen and oxygen atoms in total. The first-order valence-corrected chi connectivity index (χ1v) is 8.93. The molecule has 4 fully saturated rings. The molecule has 1 aliphatic carbocycles. The Morgan fingerprint density at radius 2 is 2.09 bits per heavy atom. The molecule has 3 heteroatoms. The predicted molar refractivity (Wildman–Crippen MR) is 89.7 cm³/mol. The van der Waals surface area contributed by atoms with Gasteiger partial charge in [-0.3, -0.25) is 9.69 Å². The minimum Gasteiger partial charge on any atom is -0.464 e. The second-order valence-electron chi connectivity index (χ2n) is 7.79. The van der Waals surface area contributed by atoms with E-state index in [4.69, 9.17) is 4.42 Å². The number of benzene rings is 1. The number of piperidine rings is 3. The molecule has 1 saturated carbocycles. The zero-order valence-corrected chi connectivity index (χ0v) is 13.7. The highest BCUT2D eigenvalue weighted by atomic mass is 16.3. The molecule has 0 radical (unpaired) electrons. The van der Waals surface area contributed by atoms with Crippen molar-refractivity contribution in [2.45, 2.75) is 44.6 Å². The van der Waals surface area contributed by atoms with Crippen LogP contribution in [0.25, 0.3) is 11.0 Å². The lowest BCUT2D eigenvalue weighted by Gasteiger charge is -2.52. The summed E-state index contributed by atoms with van der Waals surface area (Å²) in [5, 5.41) is 1.07. The number of hydrogen-bond donors (Lipinski definition) is 0. The summed E-state index contributed by atoms with van der Waals surface area (Å²) < 4.78 is 5.50. The highest BCUT2D eigenvalue weighted by Gasteiger charge is 2.60. The van der Waals surface area contributed by atoms with E-state index >= 15 is 0 Å². The Morgan fingerprint density at radius 1 is 1.30 bits per heavy atom. The van der Waals surface area contributed by atoms with Crippen LogP contribution in [0.2, 0.25) is 0 Å². The standard InChI is InChI=1S/C20H23NO2/c1-13-12-23-19-3-2-15(10-16(13)19)18(22)11-17-14-4-8-21(9-5-14)20(17)6-7-20/h2-3,10,12,14,17H,4-9,11H2,1H3/t17-/m1/s1. The topological polar surface area (TPSA) is 33.5 Å². The number of nitrogens with zero attached hydrogens (tertiary/aromatic N) is 1. The van der Waals surface area contributed by atoms with Gasteiger partial charge in [-0.2, -0.15) is 0 Å². The van der Waals surface area contributed by atoms with Crippen molar-refractivity contribution >= 4 is 16.8 Å². The van der Waals surface area contributed by atoms with E-state index in [1.807, 2.05) is 25.1 Å². The number of furan rings is 1. The van der Waals surface area contributed by atoms with Gasteiger partial charge in [-0.25, -0.2) is 0 Å². The molecular formula is C20H23NO2. The van der Waals surface area contributed by atoms with Crippen LogP contribution < -0.4 is 0 Å². The van der Waals surface area contributed by atoms with E-state index in [1.54, 1.807) is 6.26 Å². The molecule has 0 N–H and O–H groups in total. The number of carbonyl (C=O) groups excluding carboxylic acids is 1. The Kier molecular flexibility index (Phi) is 2.82. The summed E-state index contributed by atoms with van der Waals surface area (Å²) in [5.74, 6) is 1.67. The van der Waals surface area contributed by atoms with Crippen molar-refractivity contribution in [1.29, 1.82) is 0 Å². The Hall–Kier alpha value is -1.61. The minimum absolute atomic E-state index is 0.317. The lowest BCUT2D eigenvalue weighted by atomic mass is 9.69. The van der Waals surface area contributed by atoms with Gasteiger partial charge < -0.3 is 4.42 Å². The molecule has 1 spiro atoms. The number of rotatable bonds is 3. The van der Waals surface area contributed by atoms with Gasteiger partial charge in [-0.1, -0.05) is 0 Å². The van der Waals surface area contributed by atoms with Gasteiger partial charge in [0.1, 0.15) is 5.58 Å². The van der Waals surface area contributed by atoms with E-state index in [1.165, 1.54) is 38.8 Å². The molecule has 120 valence electrons. The molecule has 0 amide bonds. The van der Waals surface area contributed by atoms with Crippen LogP contribution >= 0.6 is 0 Å². The maximum Gasteiger partial charge on any atom is 0.163 e. The number of Topliss-reactive ketones (excluding diaryl/α,β-unsaturated/α-hetero) is 1. The molecule has 2 bridgehead atoms. The monoisotopic (exact) mass is 309 g/mol. The third-order valence-electron chi connectivity index (χ3n) is 6.69.